The maximum atomic E-state index is 14.7. The molecule has 10 N–H and O–H groups in total. The number of carboxylic acid groups (broad SMARTS) is 9. The van der Waals surface area contributed by atoms with Crippen molar-refractivity contribution in [1.29, 1.82) is 0 Å². The Balaban J connectivity index is 0.000000255. The number of aryl methyl sites for hydroxylation is 2. The molecule has 0 fully saturated rings. The van der Waals surface area contributed by atoms with Crippen LogP contribution in [-0.2, 0) is 38.4 Å². The number of aliphatic carboxylic acids is 8. The van der Waals surface area contributed by atoms with Crippen LogP contribution in [0.15, 0.2) is 121 Å². The average Bonchev–Trinajstić information content (AvgIpc) is 1.27. The summed E-state index contributed by atoms with van der Waals surface area (Å²) in [6.07, 6.45) is 0.995. The number of aromatic carboxylic acids is 1. The Morgan fingerprint density at radius 1 is 0.444 bits per heavy atom. The van der Waals surface area contributed by atoms with E-state index in [0.29, 0.717) is 10.9 Å². The van der Waals surface area contributed by atoms with Gasteiger partial charge in [0.1, 0.15) is 119 Å². The number of rotatable bonds is 33. The van der Waals surface area contributed by atoms with Crippen LogP contribution < -0.4 is 44.0 Å². The van der Waals surface area contributed by atoms with Crippen molar-refractivity contribution in [1.82, 2.24) is 4.98 Å². The zero-order valence-electron chi connectivity index (χ0n) is 51.7. The molecular formula is C65H57F2N5O27. The van der Waals surface area contributed by atoms with Crippen LogP contribution in [-0.4, -0.2) is 189 Å². The highest BCUT2D eigenvalue weighted by atomic mass is 19.1. The molecule has 0 unspecified atom stereocenters. The molecule has 1 aliphatic heterocycles. The first kappa shape index (κ1) is 71.7. The predicted octanol–water partition coefficient (Wildman–Crippen LogP) is 6.77. The fourth-order valence-electron chi connectivity index (χ4n) is 10.1. The second-order valence-electron chi connectivity index (χ2n) is 21.5. The van der Waals surface area contributed by atoms with Crippen LogP contribution in [0.4, 0.5) is 31.5 Å². The number of phenols is 1. The third kappa shape index (κ3) is 18.6. The maximum absolute atomic E-state index is 14.7. The number of anilines is 4. The molecule has 5 aromatic carbocycles. The Labute approximate surface area is 554 Å². The minimum atomic E-state index is -1.37. The molecule has 0 bridgehead atoms. The number of hydrogen-bond donors (Lipinski definition) is 10. The largest absolute Gasteiger partial charge is 0.505 e. The monoisotopic (exact) mass is 1380 g/mol. The first-order valence-electron chi connectivity index (χ1n) is 28.9. The quantitative estimate of drug-likeness (QED) is 0.0150. The number of fused-ring (bicyclic) bond motifs is 3. The lowest BCUT2D eigenvalue weighted by atomic mass is 9.93. The number of furan rings is 1. The summed E-state index contributed by atoms with van der Waals surface area (Å²) in [7, 11) is 0. The van der Waals surface area contributed by atoms with E-state index in [9.17, 15) is 103 Å². The molecule has 0 saturated heterocycles. The van der Waals surface area contributed by atoms with Crippen LogP contribution in [0, 0.1) is 25.5 Å². The number of aromatic nitrogens is 1. The van der Waals surface area contributed by atoms with E-state index in [0.717, 1.165) is 55.6 Å². The smallest absolute Gasteiger partial charge is 0.373 e. The van der Waals surface area contributed by atoms with Crippen LogP contribution in [0.25, 0.3) is 56.0 Å². The van der Waals surface area contributed by atoms with E-state index >= 15 is 0 Å². The topological polar surface area (TPSA) is 475 Å². The van der Waals surface area contributed by atoms with Crippen LogP contribution in [0.3, 0.4) is 0 Å². The molecular weight excluding hydrogens is 1320 g/mol. The van der Waals surface area contributed by atoms with Crippen molar-refractivity contribution >= 4 is 98.4 Å². The molecule has 1 aliphatic carbocycles. The van der Waals surface area contributed by atoms with Gasteiger partial charge in [-0.1, -0.05) is 18.2 Å². The standard InChI is InChI=1S/C36H30F2N2O13.C29H27N3O14/c1-18-2-4-24(39(14-32(43)44)15-33(45)46)30(8-18)51-6-7-52-31-9-19(3-5-25(31)40(16-34(47)48)17-35(49)50)36-20-10-22(37)26(41)12-28(20)53-29-13-27(42)23(38)11-21(29)36;1-15-2-3-17(31(11-24(33)34)12-25(35)36)20(6-15)43-4-5-44-21-7-16-8-22(28-30-10-23(46-28)29(41)42)45-19(16)9-18(21)32(13-26(37)38)14-27(39)40/h2-5,8-13,41H,6-7,14-17H2,1H3,(H,43,44)(H,45,46)(H,47,48)(H,49,50);2-3,6-10H,4-5,11-14H2,1H3,(H,33,34)(H,35,36)(H,37,38)(H,39,40)(H,41,42). The SMILES string of the molecule is Cc1ccc(N(CC(=O)O)CC(=O)O)c(OCCOc2cc(-c3c4cc(F)c(=O)cc-4oc4cc(O)c(F)cc34)ccc2N(CC(=O)O)CC(=O)O)c1.Cc1ccc(N(CC(=O)O)CC(=O)O)c(OCCOc2cc3cc(-c4ncc(C(=O)O)o4)oc3cc2N(CC(=O)O)CC(=O)O)c1. The molecule has 34 heteroatoms. The first-order chi connectivity index (χ1) is 46.9. The zero-order chi connectivity index (χ0) is 72.1. The van der Waals surface area contributed by atoms with Gasteiger partial charge < -0.3 is 103 Å². The van der Waals surface area contributed by atoms with Gasteiger partial charge in [-0.25, -0.2) is 18.6 Å². The van der Waals surface area contributed by atoms with Gasteiger partial charge in [-0.3, -0.25) is 43.2 Å². The number of aromatic hydroxyl groups is 1. The van der Waals surface area contributed by atoms with Gasteiger partial charge in [0, 0.05) is 40.1 Å². The molecule has 2 aliphatic rings. The normalized spacial score (nSPS) is 10.9. The minimum Gasteiger partial charge on any atom is -0.505 e. The Kier molecular flexibility index (Phi) is 22.7. The van der Waals surface area contributed by atoms with E-state index < -0.39 is 135 Å². The number of halogens is 2. The lowest BCUT2D eigenvalue weighted by Gasteiger charge is -2.25. The molecule has 9 rings (SSSR count). The second-order valence-corrected chi connectivity index (χ2v) is 21.5. The highest BCUT2D eigenvalue weighted by Crippen LogP contribution is 2.45. The third-order valence-corrected chi connectivity index (χ3v) is 14.0. The van der Waals surface area contributed by atoms with Crippen LogP contribution in [0.2, 0.25) is 0 Å². The van der Waals surface area contributed by atoms with Gasteiger partial charge in [0.05, 0.1) is 28.9 Å². The molecule has 0 amide bonds. The van der Waals surface area contributed by atoms with Crippen molar-refractivity contribution < 1.29 is 135 Å². The van der Waals surface area contributed by atoms with Crippen molar-refractivity contribution in [3.05, 3.63) is 142 Å². The summed E-state index contributed by atoms with van der Waals surface area (Å²) < 4.78 is 69.7. The Morgan fingerprint density at radius 3 is 1.29 bits per heavy atom. The van der Waals surface area contributed by atoms with Crippen molar-refractivity contribution in [2.75, 3.05) is 98.4 Å². The predicted molar refractivity (Wildman–Crippen MR) is 339 cm³/mol. The first-order valence-corrected chi connectivity index (χ1v) is 28.9. The summed E-state index contributed by atoms with van der Waals surface area (Å²) in [6.45, 7) is -2.86. The van der Waals surface area contributed by atoms with Crippen molar-refractivity contribution in [3.8, 4) is 62.8 Å². The minimum absolute atomic E-state index is 0.00466. The second kappa shape index (κ2) is 31.4. The number of oxazole rings is 1. The Bertz CT molecular complexity index is 4580. The molecule has 0 saturated carbocycles. The molecule has 0 atom stereocenters. The summed E-state index contributed by atoms with van der Waals surface area (Å²) in [4.78, 5) is 124. The van der Waals surface area contributed by atoms with Gasteiger partial charge in [0.25, 0.3) is 5.89 Å². The highest BCUT2D eigenvalue weighted by molar-refractivity contribution is 6.03. The number of phenolic OH excluding ortho intramolecular Hbond substituents is 1. The third-order valence-electron chi connectivity index (χ3n) is 14.0. The maximum Gasteiger partial charge on any atom is 0.373 e. The van der Waals surface area contributed by atoms with E-state index in [1.54, 1.807) is 38.1 Å². The highest BCUT2D eigenvalue weighted by Gasteiger charge is 2.28. The molecule has 2 aromatic heterocycles. The van der Waals surface area contributed by atoms with Crippen molar-refractivity contribution in [2.24, 2.45) is 0 Å². The van der Waals surface area contributed by atoms with Crippen molar-refractivity contribution in [3.63, 3.8) is 0 Å². The number of carboxylic acids is 9. The van der Waals surface area contributed by atoms with Crippen LogP contribution in [0.5, 0.6) is 28.7 Å². The number of nitrogens with zero attached hydrogens (tertiary/aromatic N) is 5. The van der Waals surface area contributed by atoms with Gasteiger partial charge in [-0.15, -0.1) is 0 Å². The van der Waals surface area contributed by atoms with E-state index in [-0.39, 0.29) is 123 Å². The van der Waals surface area contributed by atoms with Crippen LogP contribution in [0.1, 0.15) is 21.7 Å². The molecule has 7 aromatic rings. The van der Waals surface area contributed by atoms with Gasteiger partial charge in [-0.2, -0.15) is 0 Å². The summed E-state index contributed by atoms with van der Waals surface area (Å²) in [6, 6.07) is 21.5. The summed E-state index contributed by atoms with van der Waals surface area (Å²) in [5, 5.41) is 94.9. The Hall–Kier alpha value is -13.2. The number of ether oxygens (including phenoxy) is 4. The zero-order valence-corrected chi connectivity index (χ0v) is 51.7. The van der Waals surface area contributed by atoms with E-state index in [1.165, 1.54) is 48.5 Å². The summed E-state index contributed by atoms with van der Waals surface area (Å²) in [5.41, 5.74) is 1.28. The van der Waals surface area contributed by atoms with E-state index in [4.69, 9.17) is 37.3 Å². The number of carbonyl (C=O) groups is 9. The lowest BCUT2D eigenvalue weighted by Crippen LogP contribution is -2.35. The van der Waals surface area contributed by atoms with E-state index in [2.05, 4.69) is 4.98 Å². The molecule has 518 valence electrons. The van der Waals surface area contributed by atoms with Gasteiger partial charge in [-0.05, 0) is 91.2 Å². The van der Waals surface area contributed by atoms with E-state index in [1.807, 2.05) is 0 Å². The summed E-state index contributed by atoms with van der Waals surface area (Å²) in [5.74, 6) is -15.2. The van der Waals surface area contributed by atoms with Gasteiger partial charge in [0.15, 0.2) is 23.1 Å². The molecule has 99 heavy (non-hydrogen) atoms. The summed E-state index contributed by atoms with van der Waals surface area (Å²) >= 11 is 0. The molecule has 3 heterocycles. The van der Waals surface area contributed by atoms with Gasteiger partial charge in [0.2, 0.25) is 11.2 Å². The molecule has 0 spiro atoms. The molecule has 32 nitrogen and oxygen atoms in total. The number of hydrogen-bond acceptors (Lipinski definition) is 23. The lowest BCUT2D eigenvalue weighted by molar-refractivity contribution is -0.138. The fourth-order valence-corrected chi connectivity index (χ4v) is 10.1. The Morgan fingerprint density at radius 2 is 0.859 bits per heavy atom. The fraction of sp³-hybridized carbons (Fsp3) is 0.215. The van der Waals surface area contributed by atoms with Gasteiger partial charge >= 0.3 is 53.7 Å². The van der Waals surface area contributed by atoms with Crippen LogP contribution >= 0.6 is 0 Å². The average molecular weight is 1380 g/mol. The van der Waals surface area contributed by atoms with Crippen molar-refractivity contribution in [2.45, 2.75) is 13.8 Å². The number of benzene rings is 6. The molecule has 0 radical (unpaired) electrons.